The monoisotopic (exact) mass is 404 g/mol. The van der Waals surface area contributed by atoms with E-state index in [1.165, 1.54) is 5.56 Å². The number of ether oxygens (including phenoxy) is 1. The molecule has 148 valence electrons. The van der Waals surface area contributed by atoms with Gasteiger partial charge in [0.1, 0.15) is 5.75 Å². The number of carbonyl (C=O) groups is 1. The molecule has 0 spiro atoms. The van der Waals surface area contributed by atoms with E-state index >= 15 is 0 Å². The molecule has 29 heavy (non-hydrogen) atoms. The fourth-order valence-corrected chi connectivity index (χ4v) is 3.12. The lowest BCUT2D eigenvalue weighted by Crippen LogP contribution is -2.35. The molecule has 0 unspecified atom stereocenters. The van der Waals surface area contributed by atoms with Crippen molar-refractivity contribution in [3.63, 3.8) is 0 Å². The predicted molar refractivity (Wildman–Crippen MR) is 121 cm³/mol. The zero-order valence-electron chi connectivity index (χ0n) is 16.1. The van der Waals surface area contributed by atoms with Gasteiger partial charge in [-0.1, -0.05) is 66.7 Å². The van der Waals surface area contributed by atoms with Crippen LogP contribution in [0, 0.1) is 0 Å². The highest BCUT2D eigenvalue weighted by Gasteiger charge is 2.06. The number of amides is 1. The molecule has 0 saturated carbocycles. The third kappa shape index (κ3) is 7.39. The third-order valence-corrected chi connectivity index (χ3v) is 4.48. The number of rotatable bonds is 8. The molecule has 1 amide bonds. The highest BCUT2D eigenvalue weighted by Crippen LogP contribution is 2.18. The number of aryl methyl sites for hydroxylation is 1. The third-order valence-electron chi connectivity index (χ3n) is 4.27. The van der Waals surface area contributed by atoms with Gasteiger partial charge < -0.3 is 15.4 Å². The summed E-state index contributed by atoms with van der Waals surface area (Å²) >= 11 is 5.25. The summed E-state index contributed by atoms with van der Waals surface area (Å²) in [6, 6.07) is 27.5. The van der Waals surface area contributed by atoms with E-state index in [1.807, 2.05) is 72.8 Å². The second-order valence-electron chi connectivity index (χ2n) is 6.63. The Balaban J connectivity index is 1.42. The van der Waals surface area contributed by atoms with Crippen molar-refractivity contribution in [3.05, 3.63) is 96.1 Å². The topological polar surface area (TPSA) is 50.4 Å². The van der Waals surface area contributed by atoms with Gasteiger partial charge in [0.15, 0.2) is 5.11 Å². The zero-order valence-corrected chi connectivity index (χ0v) is 17.0. The molecule has 4 nitrogen and oxygen atoms in total. The standard InChI is InChI=1S/C24H24N2O2S/c27-23(17-20-11-5-2-6-12-20)26-24(29)25-21-14-7-15-22(18-21)28-16-8-13-19-9-3-1-4-10-19/h1-7,9-12,14-15,18H,8,13,16-17H2,(H2,25,26,27,29). The minimum Gasteiger partial charge on any atom is -0.494 e. The van der Waals surface area contributed by atoms with Crippen LogP contribution in [0.1, 0.15) is 17.5 Å². The van der Waals surface area contributed by atoms with Crippen molar-refractivity contribution in [1.29, 1.82) is 0 Å². The summed E-state index contributed by atoms with van der Waals surface area (Å²) in [7, 11) is 0. The van der Waals surface area contributed by atoms with E-state index in [1.54, 1.807) is 0 Å². The Labute approximate surface area is 176 Å². The van der Waals surface area contributed by atoms with Crippen LogP contribution < -0.4 is 15.4 Å². The molecule has 0 aliphatic rings. The Hall–Kier alpha value is -3.18. The van der Waals surface area contributed by atoms with Gasteiger partial charge in [-0.2, -0.15) is 0 Å². The summed E-state index contributed by atoms with van der Waals surface area (Å²) in [6.45, 7) is 0.636. The van der Waals surface area contributed by atoms with Crippen LogP contribution in [-0.4, -0.2) is 17.6 Å². The number of hydrogen-bond donors (Lipinski definition) is 2. The fraction of sp³-hybridized carbons (Fsp3) is 0.167. The van der Waals surface area contributed by atoms with Crippen molar-refractivity contribution in [1.82, 2.24) is 5.32 Å². The number of anilines is 1. The van der Waals surface area contributed by atoms with E-state index in [9.17, 15) is 4.79 Å². The van der Waals surface area contributed by atoms with Crippen molar-refractivity contribution in [2.45, 2.75) is 19.3 Å². The second-order valence-corrected chi connectivity index (χ2v) is 7.04. The molecule has 2 N–H and O–H groups in total. The molecule has 0 atom stereocenters. The molecular weight excluding hydrogens is 380 g/mol. The van der Waals surface area contributed by atoms with E-state index in [0.717, 1.165) is 29.8 Å². The molecule has 3 aromatic rings. The largest absolute Gasteiger partial charge is 0.494 e. The van der Waals surface area contributed by atoms with Gasteiger partial charge >= 0.3 is 0 Å². The summed E-state index contributed by atoms with van der Waals surface area (Å²) in [4.78, 5) is 12.1. The number of hydrogen-bond acceptors (Lipinski definition) is 3. The molecule has 0 saturated heterocycles. The van der Waals surface area contributed by atoms with Crippen molar-refractivity contribution >= 4 is 28.9 Å². The highest BCUT2D eigenvalue weighted by molar-refractivity contribution is 7.80. The maximum absolute atomic E-state index is 12.1. The van der Waals surface area contributed by atoms with Crippen LogP contribution in [0.15, 0.2) is 84.9 Å². The Bertz CT molecular complexity index is 930. The molecule has 0 aliphatic carbocycles. The predicted octanol–water partition coefficient (Wildman–Crippen LogP) is 4.75. The van der Waals surface area contributed by atoms with Crippen LogP contribution in [-0.2, 0) is 17.6 Å². The van der Waals surface area contributed by atoms with Crippen LogP contribution in [0.4, 0.5) is 5.69 Å². The van der Waals surface area contributed by atoms with Gasteiger partial charge in [-0.25, -0.2) is 0 Å². The zero-order chi connectivity index (χ0) is 20.3. The molecule has 0 aromatic heterocycles. The highest BCUT2D eigenvalue weighted by atomic mass is 32.1. The first-order valence-corrected chi connectivity index (χ1v) is 10.0. The smallest absolute Gasteiger partial charge is 0.230 e. The molecule has 3 rings (SSSR count). The van der Waals surface area contributed by atoms with Crippen LogP contribution in [0.2, 0.25) is 0 Å². The van der Waals surface area contributed by atoms with Gasteiger partial charge in [0.25, 0.3) is 0 Å². The van der Waals surface area contributed by atoms with Gasteiger partial charge in [-0.15, -0.1) is 0 Å². The van der Waals surface area contributed by atoms with Crippen LogP contribution >= 0.6 is 12.2 Å². The van der Waals surface area contributed by atoms with Gasteiger partial charge in [-0.05, 0) is 48.3 Å². The SMILES string of the molecule is O=C(Cc1ccccc1)NC(=S)Nc1cccc(OCCCc2ccccc2)c1. The lowest BCUT2D eigenvalue weighted by Gasteiger charge is -2.11. The van der Waals surface area contributed by atoms with Gasteiger partial charge in [0.2, 0.25) is 5.91 Å². The number of benzene rings is 3. The molecule has 0 heterocycles. The lowest BCUT2D eigenvalue weighted by molar-refractivity contribution is -0.119. The maximum Gasteiger partial charge on any atom is 0.230 e. The molecule has 0 fully saturated rings. The number of carbonyl (C=O) groups excluding carboxylic acids is 1. The van der Waals surface area contributed by atoms with E-state index < -0.39 is 0 Å². The van der Waals surface area contributed by atoms with E-state index in [-0.39, 0.29) is 17.4 Å². The van der Waals surface area contributed by atoms with E-state index in [4.69, 9.17) is 17.0 Å². The van der Waals surface area contributed by atoms with E-state index in [0.29, 0.717) is 6.61 Å². The summed E-state index contributed by atoms with van der Waals surface area (Å²) in [5.74, 6) is 0.614. The minimum absolute atomic E-state index is 0.151. The number of thiocarbonyl (C=S) groups is 1. The van der Waals surface area contributed by atoms with E-state index in [2.05, 4.69) is 22.8 Å². The van der Waals surface area contributed by atoms with Crippen LogP contribution in [0.5, 0.6) is 5.75 Å². The van der Waals surface area contributed by atoms with Crippen molar-refractivity contribution in [2.24, 2.45) is 0 Å². The summed E-state index contributed by atoms with van der Waals surface area (Å²) in [6.07, 6.45) is 2.21. The average Bonchev–Trinajstić information content (AvgIpc) is 2.73. The average molecular weight is 405 g/mol. The summed E-state index contributed by atoms with van der Waals surface area (Å²) < 4.78 is 5.84. The molecule has 3 aromatic carbocycles. The lowest BCUT2D eigenvalue weighted by atomic mass is 10.1. The number of nitrogens with one attached hydrogen (secondary N) is 2. The Morgan fingerprint density at radius 3 is 2.28 bits per heavy atom. The second kappa shape index (κ2) is 11.0. The first kappa shape index (κ1) is 20.6. The molecule has 0 aliphatic heterocycles. The Morgan fingerprint density at radius 1 is 0.862 bits per heavy atom. The van der Waals surface area contributed by atoms with Crippen molar-refractivity contribution < 1.29 is 9.53 Å². The van der Waals surface area contributed by atoms with Crippen LogP contribution in [0.25, 0.3) is 0 Å². The summed E-state index contributed by atoms with van der Waals surface area (Å²) in [5, 5.41) is 6.01. The fourth-order valence-electron chi connectivity index (χ4n) is 2.89. The quantitative estimate of drug-likeness (QED) is 0.420. The minimum atomic E-state index is -0.151. The molecule has 0 radical (unpaired) electrons. The Morgan fingerprint density at radius 2 is 1.55 bits per heavy atom. The first-order chi connectivity index (χ1) is 14.2. The summed E-state index contributed by atoms with van der Waals surface area (Å²) in [5.41, 5.74) is 3.03. The van der Waals surface area contributed by atoms with Crippen LogP contribution in [0.3, 0.4) is 0 Å². The van der Waals surface area contributed by atoms with Gasteiger partial charge in [0, 0.05) is 11.8 Å². The normalized spacial score (nSPS) is 10.2. The molecule has 5 heteroatoms. The Kier molecular flexibility index (Phi) is 7.78. The maximum atomic E-state index is 12.1. The first-order valence-electron chi connectivity index (χ1n) is 9.60. The molecule has 0 bridgehead atoms. The van der Waals surface area contributed by atoms with Gasteiger partial charge in [0.05, 0.1) is 13.0 Å². The molecular formula is C24H24N2O2S. The van der Waals surface area contributed by atoms with Crippen molar-refractivity contribution in [2.75, 3.05) is 11.9 Å². The van der Waals surface area contributed by atoms with Gasteiger partial charge in [-0.3, -0.25) is 4.79 Å². The van der Waals surface area contributed by atoms with Crippen molar-refractivity contribution in [3.8, 4) is 5.75 Å².